The van der Waals surface area contributed by atoms with Crippen molar-refractivity contribution in [2.75, 3.05) is 0 Å². The molecule has 37 valence electrons. The van der Waals surface area contributed by atoms with Crippen LogP contribution in [0.15, 0.2) is 24.3 Å². The Hall–Kier alpha value is 0.856. The molecule has 0 atom stereocenters. The molecule has 0 nitrogen and oxygen atoms in total. The molecule has 1 radical (unpaired) electrons. The predicted molar refractivity (Wildman–Crippen MR) is 37.2 cm³/mol. The summed E-state index contributed by atoms with van der Waals surface area (Å²) in [5.74, 6) is 0. The number of hydrogen-bond acceptors (Lipinski definition) is 0. The van der Waals surface area contributed by atoms with Gasteiger partial charge in [0.2, 0.25) is 0 Å². The summed E-state index contributed by atoms with van der Waals surface area (Å²) in [4.78, 5) is 0. The van der Waals surface area contributed by atoms with Crippen LogP contribution in [-0.4, -0.2) is 51.4 Å². The topological polar surface area (TPSA) is 0 Å². The second-order valence-electron chi connectivity index (χ2n) is 1.58. The molecular formula is C7H8K. The molecule has 0 saturated heterocycles. The Labute approximate surface area is 92.7 Å². The average molecular weight is 131 g/mol. The van der Waals surface area contributed by atoms with Crippen molar-refractivity contribution >= 4 is 51.4 Å². The van der Waals surface area contributed by atoms with E-state index in [1.54, 1.807) is 0 Å². The van der Waals surface area contributed by atoms with Gasteiger partial charge in [-0.2, -0.15) is 0 Å². The van der Waals surface area contributed by atoms with Crippen molar-refractivity contribution in [1.82, 2.24) is 0 Å². The summed E-state index contributed by atoms with van der Waals surface area (Å²) in [5, 5.41) is 0. The van der Waals surface area contributed by atoms with Crippen LogP contribution in [0, 0.1) is 13.0 Å². The molecule has 0 N–H and O–H groups in total. The minimum atomic E-state index is 0. The molecule has 0 aliphatic rings. The standard InChI is InChI=1S/C7H7.K.H/c1-7-5-3-2-4-6-7;;/h3-6H,1H3;;. The Balaban J connectivity index is 0.000000490. The molecule has 0 aliphatic heterocycles. The summed E-state index contributed by atoms with van der Waals surface area (Å²) in [6.07, 6.45) is 0. The molecule has 0 fully saturated rings. The summed E-state index contributed by atoms with van der Waals surface area (Å²) in [6, 6.07) is 10.8. The van der Waals surface area contributed by atoms with Gasteiger partial charge in [0.15, 0.2) is 0 Å². The van der Waals surface area contributed by atoms with Crippen LogP contribution in [0.4, 0.5) is 0 Å². The first-order valence-corrected chi connectivity index (χ1v) is 2.32. The van der Waals surface area contributed by atoms with E-state index in [-0.39, 0.29) is 51.4 Å². The third-order valence-corrected chi connectivity index (χ3v) is 0.885. The van der Waals surface area contributed by atoms with Crippen LogP contribution in [-0.2, 0) is 0 Å². The van der Waals surface area contributed by atoms with Crippen LogP contribution in [0.2, 0.25) is 0 Å². The number of rotatable bonds is 0. The fourth-order valence-electron chi connectivity index (χ4n) is 0.470. The van der Waals surface area contributed by atoms with E-state index in [1.165, 1.54) is 5.56 Å². The van der Waals surface area contributed by atoms with E-state index in [0.29, 0.717) is 0 Å². The van der Waals surface area contributed by atoms with E-state index >= 15 is 0 Å². The van der Waals surface area contributed by atoms with E-state index in [9.17, 15) is 0 Å². The zero-order valence-electron chi connectivity index (χ0n) is 4.31. The van der Waals surface area contributed by atoms with Gasteiger partial charge in [0.1, 0.15) is 0 Å². The maximum absolute atomic E-state index is 2.93. The SMILES string of the molecule is Cc1cc[c]cc1.[KH]. The fraction of sp³-hybridized carbons (Fsp3) is 0.143. The fourth-order valence-corrected chi connectivity index (χ4v) is 0.470. The molecule has 0 saturated carbocycles. The van der Waals surface area contributed by atoms with Gasteiger partial charge in [0, 0.05) is 0 Å². The summed E-state index contributed by atoms with van der Waals surface area (Å²) in [5.41, 5.74) is 1.29. The molecule has 8 heavy (non-hydrogen) atoms. The summed E-state index contributed by atoms with van der Waals surface area (Å²) in [7, 11) is 0. The minimum absolute atomic E-state index is 0. The van der Waals surface area contributed by atoms with Crippen molar-refractivity contribution in [1.29, 1.82) is 0 Å². The first-order chi connectivity index (χ1) is 3.39. The van der Waals surface area contributed by atoms with Crippen molar-refractivity contribution < 1.29 is 0 Å². The Kier molecular flexibility index (Phi) is 5.21. The van der Waals surface area contributed by atoms with Gasteiger partial charge in [-0.15, -0.1) is 0 Å². The van der Waals surface area contributed by atoms with Crippen molar-refractivity contribution in [3.05, 3.63) is 35.9 Å². The van der Waals surface area contributed by atoms with Crippen LogP contribution in [0.5, 0.6) is 0 Å². The Morgan fingerprint density at radius 3 is 2.00 bits per heavy atom. The van der Waals surface area contributed by atoms with E-state index in [0.717, 1.165) is 0 Å². The van der Waals surface area contributed by atoms with E-state index in [1.807, 2.05) is 24.3 Å². The van der Waals surface area contributed by atoms with Crippen LogP contribution in [0.25, 0.3) is 0 Å². The average Bonchev–Trinajstić information content (AvgIpc) is 1.69. The van der Waals surface area contributed by atoms with E-state index in [2.05, 4.69) is 13.0 Å². The number of benzene rings is 1. The molecule has 1 aromatic rings. The van der Waals surface area contributed by atoms with Gasteiger partial charge >= 0.3 is 51.4 Å². The third-order valence-electron chi connectivity index (χ3n) is 0.885. The van der Waals surface area contributed by atoms with Crippen molar-refractivity contribution in [2.24, 2.45) is 0 Å². The van der Waals surface area contributed by atoms with E-state index < -0.39 is 0 Å². The molecular weight excluding hydrogens is 123 g/mol. The molecule has 0 aliphatic carbocycles. The first-order valence-electron chi connectivity index (χ1n) is 2.32. The van der Waals surface area contributed by atoms with Gasteiger partial charge in [0.25, 0.3) is 0 Å². The van der Waals surface area contributed by atoms with Gasteiger partial charge in [-0.05, 0) is 13.0 Å². The van der Waals surface area contributed by atoms with E-state index in [4.69, 9.17) is 0 Å². The summed E-state index contributed by atoms with van der Waals surface area (Å²) in [6.45, 7) is 2.06. The zero-order valence-corrected chi connectivity index (χ0v) is 4.31. The Bertz CT molecular complexity index is 134. The third kappa shape index (κ3) is 3.00. The molecule has 1 heteroatoms. The van der Waals surface area contributed by atoms with Gasteiger partial charge in [-0.25, -0.2) is 0 Å². The molecule has 1 rings (SSSR count). The monoisotopic (exact) mass is 131 g/mol. The van der Waals surface area contributed by atoms with Gasteiger partial charge in [0.05, 0.1) is 0 Å². The molecule has 0 heterocycles. The van der Waals surface area contributed by atoms with Gasteiger partial charge < -0.3 is 0 Å². The maximum atomic E-state index is 2.93. The molecule has 1 aromatic carbocycles. The summed E-state index contributed by atoms with van der Waals surface area (Å²) < 4.78 is 0. The van der Waals surface area contributed by atoms with Crippen LogP contribution >= 0.6 is 0 Å². The molecule has 0 unspecified atom stereocenters. The first kappa shape index (κ1) is 8.86. The molecule has 0 bridgehead atoms. The Morgan fingerprint density at radius 2 is 1.75 bits per heavy atom. The Morgan fingerprint density at radius 1 is 1.25 bits per heavy atom. The quantitative estimate of drug-likeness (QED) is 0.463. The van der Waals surface area contributed by atoms with Gasteiger partial charge in [-0.1, -0.05) is 29.8 Å². The molecule has 0 aromatic heterocycles. The van der Waals surface area contributed by atoms with Crippen LogP contribution < -0.4 is 0 Å². The van der Waals surface area contributed by atoms with Crippen molar-refractivity contribution in [3.8, 4) is 0 Å². The molecule has 0 spiro atoms. The second-order valence-corrected chi connectivity index (χ2v) is 1.58. The van der Waals surface area contributed by atoms with Crippen LogP contribution in [0.1, 0.15) is 5.56 Å². The van der Waals surface area contributed by atoms with Crippen LogP contribution in [0.3, 0.4) is 0 Å². The van der Waals surface area contributed by atoms with Crippen molar-refractivity contribution in [2.45, 2.75) is 6.92 Å². The predicted octanol–water partition coefficient (Wildman–Crippen LogP) is 1.15. The van der Waals surface area contributed by atoms with Gasteiger partial charge in [-0.3, -0.25) is 0 Å². The number of hydrogen-bond donors (Lipinski definition) is 0. The zero-order chi connectivity index (χ0) is 5.11. The molecule has 0 amide bonds. The normalized spacial score (nSPS) is 7.62. The van der Waals surface area contributed by atoms with Crippen molar-refractivity contribution in [3.63, 3.8) is 0 Å². The summed E-state index contributed by atoms with van der Waals surface area (Å²) >= 11 is 0. The second kappa shape index (κ2) is 4.71. The number of aryl methyl sites for hydroxylation is 1.